The van der Waals surface area contributed by atoms with Crippen LogP contribution in [0.3, 0.4) is 0 Å². The van der Waals surface area contributed by atoms with Gasteiger partial charge in [-0.05, 0) is 18.6 Å². The third-order valence-electron chi connectivity index (χ3n) is 3.10. The molecule has 0 amide bonds. The van der Waals surface area contributed by atoms with E-state index in [1.165, 1.54) is 16.6 Å². The fraction of sp³-hybridized carbons (Fsp3) is 0.143. The van der Waals surface area contributed by atoms with E-state index in [9.17, 15) is 9.18 Å². The minimum atomic E-state index is -0.382. The highest BCUT2D eigenvalue weighted by atomic mass is 19.1. The van der Waals surface area contributed by atoms with Crippen LogP contribution in [-0.2, 0) is 6.42 Å². The van der Waals surface area contributed by atoms with Crippen molar-refractivity contribution in [1.29, 1.82) is 0 Å². The van der Waals surface area contributed by atoms with Crippen LogP contribution in [0.15, 0.2) is 41.3 Å². The van der Waals surface area contributed by atoms with E-state index in [0.29, 0.717) is 16.9 Å². The summed E-state index contributed by atoms with van der Waals surface area (Å²) in [6.07, 6.45) is 2.50. The summed E-state index contributed by atoms with van der Waals surface area (Å²) in [5, 5.41) is 2.85. The number of hydrogen-bond acceptors (Lipinski definition) is 2. The zero-order valence-corrected chi connectivity index (χ0v) is 10.4. The number of nitrogens with one attached hydrogen (secondary N) is 1. The zero-order valence-electron chi connectivity index (χ0n) is 10.4. The van der Waals surface area contributed by atoms with Gasteiger partial charge in [0.25, 0.3) is 5.56 Å². The second-order valence-electron chi connectivity index (χ2n) is 4.27. The average molecular weight is 257 g/mol. The minimum absolute atomic E-state index is 0.247. The lowest BCUT2D eigenvalue weighted by molar-refractivity contribution is 0.630. The van der Waals surface area contributed by atoms with E-state index < -0.39 is 0 Å². The van der Waals surface area contributed by atoms with Crippen molar-refractivity contribution in [2.75, 3.05) is 0 Å². The van der Waals surface area contributed by atoms with Gasteiger partial charge in [-0.1, -0.05) is 19.1 Å². The van der Waals surface area contributed by atoms with Crippen LogP contribution in [0, 0.1) is 5.82 Å². The van der Waals surface area contributed by atoms with Crippen LogP contribution in [-0.4, -0.2) is 14.6 Å². The Balaban J connectivity index is 2.31. The van der Waals surface area contributed by atoms with Gasteiger partial charge in [-0.2, -0.15) is 0 Å². The SMILES string of the molecule is CCc1c[nH]n2c(=O)cc(-c3ccccc3F)nc12. The Morgan fingerprint density at radius 2 is 2.16 bits per heavy atom. The number of hydrogen-bond donors (Lipinski definition) is 1. The Labute approximate surface area is 108 Å². The number of rotatable bonds is 2. The normalized spacial score (nSPS) is 11.1. The summed E-state index contributed by atoms with van der Waals surface area (Å²) in [5.74, 6) is -0.382. The molecule has 0 aliphatic heterocycles. The van der Waals surface area contributed by atoms with Crippen molar-refractivity contribution in [3.8, 4) is 11.3 Å². The van der Waals surface area contributed by atoms with Crippen molar-refractivity contribution < 1.29 is 4.39 Å². The van der Waals surface area contributed by atoms with E-state index in [2.05, 4.69) is 10.1 Å². The Bertz CT molecular complexity index is 804. The van der Waals surface area contributed by atoms with Crippen LogP contribution in [0.25, 0.3) is 16.9 Å². The first-order valence-electron chi connectivity index (χ1n) is 6.05. The van der Waals surface area contributed by atoms with E-state index in [-0.39, 0.29) is 11.4 Å². The van der Waals surface area contributed by atoms with Gasteiger partial charge in [0.2, 0.25) is 0 Å². The van der Waals surface area contributed by atoms with Gasteiger partial charge in [-0.25, -0.2) is 13.9 Å². The van der Waals surface area contributed by atoms with Gasteiger partial charge in [-0.15, -0.1) is 0 Å². The van der Waals surface area contributed by atoms with Crippen LogP contribution >= 0.6 is 0 Å². The van der Waals surface area contributed by atoms with Crippen LogP contribution in [0.1, 0.15) is 12.5 Å². The predicted octanol–water partition coefficient (Wildman–Crippen LogP) is 2.39. The number of aromatic nitrogens is 3. The Hall–Kier alpha value is -2.43. The molecule has 4 nitrogen and oxygen atoms in total. The third kappa shape index (κ3) is 1.83. The van der Waals surface area contributed by atoms with Gasteiger partial charge >= 0.3 is 0 Å². The number of aryl methyl sites for hydroxylation is 1. The largest absolute Gasteiger partial charge is 0.297 e. The summed E-state index contributed by atoms with van der Waals surface area (Å²) in [7, 11) is 0. The van der Waals surface area contributed by atoms with Crippen molar-refractivity contribution in [3.05, 3.63) is 58.3 Å². The monoisotopic (exact) mass is 257 g/mol. The van der Waals surface area contributed by atoms with Crippen LogP contribution in [0.2, 0.25) is 0 Å². The van der Waals surface area contributed by atoms with E-state index in [0.717, 1.165) is 12.0 Å². The number of H-pyrrole nitrogens is 1. The summed E-state index contributed by atoms with van der Waals surface area (Å²) < 4.78 is 15.1. The highest BCUT2D eigenvalue weighted by molar-refractivity contribution is 5.63. The molecule has 19 heavy (non-hydrogen) atoms. The molecule has 0 saturated carbocycles. The first kappa shape index (κ1) is 11.6. The summed E-state index contributed by atoms with van der Waals surface area (Å²) in [5.41, 5.74) is 1.93. The first-order valence-corrected chi connectivity index (χ1v) is 6.05. The number of benzene rings is 1. The zero-order chi connectivity index (χ0) is 13.4. The van der Waals surface area contributed by atoms with Gasteiger partial charge in [0.1, 0.15) is 5.82 Å². The molecule has 3 rings (SSSR count). The molecule has 0 bridgehead atoms. The van der Waals surface area contributed by atoms with Gasteiger partial charge in [0.05, 0.1) is 5.69 Å². The molecule has 0 aliphatic rings. The molecule has 0 unspecified atom stereocenters. The van der Waals surface area contributed by atoms with Gasteiger partial charge in [0, 0.05) is 23.4 Å². The Morgan fingerprint density at radius 1 is 1.37 bits per heavy atom. The second-order valence-corrected chi connectivity index (χ2v) is 4.27. The fourth-order valence-corrected chi connectivity index (χ4v) is 2.10. The van der Waals surface area contributed by atoms with Crippen molar-refractivity contribution in [2.24, 2.45) is 0 Å². The second kappa shape index (κ2) is 4.35. The van der Waals surface area contributed by atoms with Crippen LogP contribution in [0.4, 0.5) is 4.39 Å². The summed E-state index contributed by atoms with van der Waals surface area (Å²) in [4.78, 5) is 16.4. The molecular formula is C14H12FN3O. The van der Waals surface area contributed by atoms with Crippen molar-refractivity contribution in [3.63, 3.8) is 0 Å². The molecule has 2 aromatic heterocycles. The minimum Gasteiger partial charge on any atom is -0.297 e. The van der Waals surface area contributed by atoms with Crippen molar-refractivity contribution in [1.82, 2.24) is 14.6 Å². The molecule has 0 saturated heterocycles. The molecule has 0 radical (unpaired) electrons. The van der Waals surface area contributed by atoms with Gasteiger partial charge < -0.3 is 0 Å². The predicted molar refractivity (Wildman–Crippen MR) is 70.6 cm³/mol. The first-order chi connectivity index (χ1) is 9.20. The fourth-order valence-electron chi connectivity index (χ4n) is 2.10. The molecule has 2 heterocycles. The summed E-state index contributed by atoms with van der Waals surface area (Å²) >= 11 is 0. The molecule has 0 spiro atoms. The van der Waals surface area contributed by atoms with Crippen molar-refractivity contribution >= 4 is 5.65 Å². The Morgan fingerprint density at radius 3 is 2.89 bits per heavy atom. The number of aromatic amines is 1. The highest BCUT2D eigenvalue weighted by Crippen LogP contribution is 2.20. The molecule has 1 N–H and O–H groups in total. The maximum absolute atomic E-state index is 13.8. The third-order valence-corrected chi connectivity index (χ3v) is 3.10. The van der Waals surface area contributed by atoms with E-state index in [4.69, 9.17) is 0 Å². The van der Waals surface area contributed by atoms with E-state index in [1.807, 2.05) is 6.92 Å². The molecule has 0 atom stereocenters. The lowest BCUT2D eigenvalue weighted by Crippen LogP contribution is -2.14. The molecule has 96 valence electrons. The van der Waals surface area contributed by atoms with Crippen LogP contribution in [0.5, 0.6) is 0 Å². The average Bonchev–Trinajstić information content (AvgIpc) is 2.82. The number of fused-ring (bicyclic) bond motifs is 1. The standard InChI is InChI=1S/C14H12FN3O/c1-2-9-8-16-18-13(19)7-12(17-14(9)18)10-5-3-4-6-11(10)15/h3-8,16H,2H2,1H3. The molecule has 0 fully saturated rings. The van der Waals surface area contributed by atoms with E-state index in [1.54, 1.807) is 24.4 Å². The van der Waals surface area contributed by atoms with Crippen LogP contribution < -0.4 is 5.56 Å². The topological polar surface area (TPSA) is 50.2 Å². The van der Waals surface area contributed by atoms with Crippen molar-refractivity contribution in [2.45, 2.75) is 13.3 Å². The molecule has 1 aromatic carbocycles. The van der Waals surface area contributed by atoms with E-state index >= 15 is 0 Å². The molecule has 0 aliphatic carbocycles. The molecule has 5 heteroatoms. The summed E-state index contributed by atoms with van der Waals surface area (Å²) in [6, 6.07) is 7.64. The quantitative estimate of drug-likeness (QED) is 0.766. The van der Waals surface area contributed by atoms with Gasteiger partial charge in [-0.3, -0.25) is 9.89 Å². The molecular weight excluding hydrogens is 245 g/mol. The lowest BCUT2D eigenvalue weighted by Gasteiger charge is -2.03. The maximum Gasteiger partial charge on any atom is 0.273 e. The molecule has 3 aromatic rings. The summed E-state index contributed by atoms with van der Waals surface area (Å²) in [6.45, 7) is 1.98. The highest BCUT2D eigenvalue weighted by Gasteiger charge is 2.11. The number of nitrogens with zero attached hydrogens (tertiary/aromatic N) is 2. The smallest absolute Gasteiger partial charge is 0.273 e. The number of halogens is 1. The lowest BCUT2D eigenvalue weighted by atomic mass is 10.1. The van der Waals surface area contributed by atoms with Gasteiger partial charge in [0.15, 0.2) is 5.65 Å². The Kier molecular flexibility index (Phi) is 2.67. The maximum atomic E-state index is 13.8.